The number of carbonyl (C=O) groups excluding carboxylic acids is 1. The number of nitrogens with zero attached hydrogens (tertiary/aromatic N) is 5. The summed E-state index contributed by atoms with van der Waals surface area (Å²) in [6.45, 7) is 4.22. The van der Waals surface area contributed by atoms with Crippen LogP contribution in [0.2, 0.25) is 0 Å². The minimum absolute atomic E-state index is 0.178. The average molecular weight is 338 g/mol. The maximum atomic E-state index is 12.3. The van der Waals surface area contributed by atoms with Gasteiger partial charge in [0.2, 0.25) is 0 Å². The van der Waals surface area contributed by atoms with Gasteiger partial charge in [0.15, 0.2) is 5.82 Å². The molecule has 1 aromatic carbocycles. The Morgan fingerprint density at radius 1 is 1.16 bits per heavy atom. The minimum atomic E-state index is -0.178. The van der Waals surface area contributed by atoms with E-state index in [1.54, 1.807) is 19.4 Å². The highest BCUT2D eigenvalue weighted by atomic mass is 16.2. The zero-order chi connectivity index (χ0) is 17.5. The summed E-state index contributed by atoms with van der Waals surface area (Å²) in [5.74, 6) is 0.437. The lowest BCUT2D eigenvalue weighted by atomic mass is 10.2. The normalized spacial score (nSPS) is 16.2. The van der Waals surface area contributed by atoms with E-state index in [1.807, 2.05) is 41.6 Å². The summed E-state index contributed by atoms with van der Waals surface area (Å²) in [5, 5.41) is 1.94. The van der Waals surface area contributed by atoms with Crippen molar-refractivity contribution >= 4 is 12.1 Å². The topological polar surface area (TPSA) is 73.7 Å². The van der Waals surface area contributed by atoms with Crippen molar-refractivity contribution < 1.29 is 4.79 Å². The Hall–Kier alpha value is -2.64. The Balaban J connectivity index is 1.54. The third-order valence-corrected chi connectivity index (χ3v) is 4.10. The average Bonchev–Trinajstić information content (AvgIpc) is 2.68. The molecule has 1 saturated heterocycles. The van der Waals surface area contributed by atoms with Crippen molar-refractivity contribution in [1.82, 2.24) is 25.3 Å². The van der Waals surface area contributed by atoms with E-state index in [9.17, 15) is 4.79 Å². The Bertz CT molecular complexity index is 708. The monoisotopic (exact) mass is 338 g/mol. The first-order chi connectivity index (χ1) is 12.3. The van der Waals surface area contributed by atoms with Crippen molar-refractivity contribution in [3.8, 4) is 11.4 Å². The van der Waals surface area contributed by atoms with Crippen LogP contribution >= 0.6 is 0 Å². The summed E-state index contributed by atoms with van der Waals surface area (Å²) in [5.41, 5.74) is 4.32. The summed E-state index contributed by atoms with van der Waals surface area (Å²) in [6.07, 6.45) is 5.04. The fraction of sp³-hybridized carbons (Fsp3) is 0.333. The van der Waals surface area contributed by atoms with Gasteiger partial charge in [0.1, 0.15) is 0 Å². The second-order valence-corrected chi connectivity index (χ2v) is 5.83. The summed E-state index contributed by atoms with van der Waals surface area (Å²) in [6, 6.07) is 9.70. The predicted molar refractivity (Wildman–Crippen MR) is 97.4 cm³/mol. The van der Waals surface area contributed by atoms with E-state index >= 15 is 0 Å². The molecule has 0 radical (unpaired) electrons. The van der Waals surface area contributed by atoms with Crippen LogP contribution in [0.5, 0.6) is 0 Å². The standard InChI is InChI=1S/C18H22N6O/c1-19-7-8-23-9-11-24(12-10-23)22-18(25)16-13-20-17(21-14-16)15-5-3-2-4-6-15/h2-7,13-14H,8-12H2,1H3,(H,22,25). The number of hydrogen-bond acceptors (Lipinski definition) is 6. The maximum absolute atomic E-state index is 12.3. The van der Waals surface area contributed by atoms with Gasteiger partial charge >= 0.3 is 0 Å². The number of aromatic nitrogens is 2. The van der Waals surface area contributed by atoms with Crippen LogP contribution in [0.15, 0.2) is 47.7 Å². The highest BCUT2D eigenvalue weighted by Crippen LogP contribution is 2.13. The molecule has 130 valence electrons. The fourth-order valence-corrected chi connectivity index (χ4v) is 2.63. The van der Waals surface area contributed by atoms with Crippen LogP contribution in [-0.2, 0) is 0 Å². The Morgan fingerprint density at radius 2 is 1.84 bits per heavy atom. The summed E-state index contributed by atoms with van der Waals surface area (Å²) in [7, 11) is 1.78. The number of rotatable bonds is 5. The number of carbonyl (C=O) groups is 1. The molecule has 1 aliphatic rings. The van der Waals surface area contributed by atoms with E-state index in [1.165, 1.54) is 0 Å². The van der Waals surface area contributed by atoms with Crippen LogP contribution < -0.4 is 5.43 Å². The first-order valence-corrected chi connectivity index (χ1v) is 8.32. The van der Waals surface area contributed by atoms with Gasteiger partial charge in [0.05, 0.1) is 5.56 Å². The number of hydrazine groups is 1. The molecule has 2 heterocycles. The second kappa shape index (κ2) is 8.46. The lowest BCUT2D eigenvalue weighted by molar-refractivity contribution is 0.0647. The van der Waals surface area contributed by atoms with Gasteiger partial charge in [-0.1, -0.05) is 30.3 Å². The smallest absolute Gasteiger partial charge is 0.268 e. The number of benzene rings is 1. The third-order valence-electron chi connectivity index (χ3n) is 4.10. The molecule has 0 unspecified atom stereocenters. The number of piperazine rings is 1. The van der Waals surface area contributed by atoms with E-state index in [-0.39, 0.29) is 5.91 Å². The minimum Gasteiger partial charge on any atom is -0.300 e. The van der Waals surface area contributed by atoms with Crippen molar-refractivity contribution in [2.45, 2.75) is 0 Å². The van der Waals surface area contributed by atoms with Gasteiger partial charge in [-0.3, -0.25) is 20.1 Å². The molecule has 2 aromatic rings. The molecule has 7 nitrogen and oxygen atoms in total. The van der Waals surface area contributed by atoms with Crippen LogP contribution in [0.25, 0.3) is 11.4 Å². The van der Waals surface area contributed by atoms with Gasteiger partial charge in [0, 0.05) is 63.9 Å². The molecule has 0 atom stereocenters. The van der Waals surface area contributed by atoms with Gasteiger partial charge < -0.3 is 0 Å². The van der Waals surface area contributed by atoms with Crippen LogP contribution in [0, 0.1) is 0 Å². The SMILES string of the molecule is CN=CCN1CCN(NC(=O)c2cnc(-c3ccccc3)nc2)CC1. The molecular weight excluding hydrogens is 316 g/mol. The lowest BCUT2D eigenvalue weighted by Gasteiger charge is -2.33. The van der Waals surface area contributed by atoms with E-state index in [4.69, 9.17) is 0 Å². The Labute approximate surface area is 147 Å². The summed E-state index contributed by atoms with van der Waals surface area (Å²) in [4.78, 5) is 27.2. The zero-order valence-electron chi connectivity index (χ0n) is 14.3. The second-order valence-electron chi connectivity index (χ2n) is 5.83. The van der Waals surface area contributed by atoms with Gasteiger partial charge in [-0.15, -0.1) is 0 Å². The zero-order valence-corrected chi connectivity index (χ0v) is 14.3. The van der Waals surface area contributed by atoms with Crippen LogP contribution in [-0.4, -0.2) is 71.8 Å². The van der Waals surface area contributed by atoms with Crippen molar-refractivity contribution in [3.63, 3.8) is 0 Å². The predicted octanol–water partition coefficient (Wildman–Crippen LogP) is 1.11. The summed E-state index contributed by atoms with van der Waals surface area (Å²) < 4.78 is 0. The quantitative estimate of drug-likeness (QED) is 0.827. The first kappa shape index (κ1) is 17.2. The van der Waals surface area contributed by atoms with Crippen molar-refractivity contribution in [1.29, 1.82) is 0 Å². The van der Waals surface area contributed by atoms with Crippen molar-refractivity contribution in [2.24, 2.45) is 4.99 Å². The van der Waals surface area contributed by atoms with Crippen LogP contribution in [0.4, 0.5) is 0 Å². The van der Waals surface area contributed by atoms with Gasteiger partial charge in [-0.25, -0.2) is 15.0 Å². The molecule has 1 amide bonds. The molecule has 0 bridgehead atoms. The molecule has 1 aliphatic heterocycles. The number of nitrogens with one attached hydrogen (secondary N) is 1. The maximum Gasteiger partial charge on any atom is 0.268 e. The molecule has 1 N–H and O–H groups in total. The van der Waals surface area contributed by atoms with Crippen LogP contribution in [0.1, 0.15) is 10.4 Å². The number of amides is 1. The molecule has 0 saturated carbocycles. The Kier molecular flexibility index (Phi) is 5.81. The highest BCUT2D eigenvalue weighted by Gasteiger charge is 2.18. The number of aliphatic imine (C=N–C) groups is 1. The van der Waals surface area contributed by atoms with Gasteiger partial charge in [-0.05, 0) is 0 Å². The number of hydrogen-bond donors (Lipinski definition) is 1. The molecule has 7 heteroatoms. The molecular formula is C18H22N6O. The Morgan fingerprint density at radius 3 is 2.48 bits per heavy atom. The molecule has 0 aliphatic carbocycles. The first-order valence-electron chi connectivity index (χ1n) is 8.32. The van der Waals surface area contributed by atoms with E-state index in [2.05, 4.69) is 25.3 Å². The van der Waals surface area contributed by atoms with Crippen LogP contribution in [0.3, 0.4) is 0 Å². The molecule has 3 rings (SSSR count). The lowest BCUT2D eigenvalue weighted by Crippen LogP contribution is -2.53. The van der Waals surface area contributed by atoms with Crippen molar-refractivity contribution in [2.75, 3.05) is 39.8 Å². The van der Waals surface area contributed by atoms with E-state index < -0.39 is 0 Å². The summed E-state index contributed by atoms with van der Waals surface area (Å²) >= 11 is 0. The van der Waals surface area contributed by atoms with E-state index in [0.29, 0.717) is 11.4 Å². The van der Waals surface area contributed by atoms with E-state index in [0.717, 1.165) is 38.3 Å². The highest BCUT2D eigenvalue weighted by molar-refractivity contribution is 5.93. The molecule has 1 fully saturated rings. The molecule has 1 aromatic heterocycles. The largest absolute Gasteiger partial charge is 0.300 e. The fourth-order valence-electron chi connectivity index (χ4n) is 2.63. The molecule has 0 spiro atoms. The van der Waals surface area contributed by atoms with Gasteiger partial charge in [0.25, 0.3) is 5.91 Å². The van der Waals surface area contributed by atoms with Crippen molar-refractivity contribution in [3.05, 3.63) is 48.3 Å². The molecule has 25 heavy (non-hydrogen) atoms. The van der Waals surface area contributed by atoms with Gasteiger partial charge in [-0.2, -0.15) is 0 Å². The third kappa shape index (κ3) is 4.68.